The van der Waals surface area contributed by atoms with Gasteiger partial charge in [-0.1, -0.05) is 38.2 Å². The molecule has 1 aliphatic carbocycles. The molecule has 0 heterocycles. The topological polar surface area (TPSA) is 26.0 Å². The Morgan fingerprint density at radius 2 is 2.00 bits per heavy atom. The van der Waals surface area contributed by atoms with E-state index in [9.17, 15) is 0 Å². The van der Waals surface area contributed by atoms with Gasteiger partial charge in [-0.2, -0.15) is 0 Å². The van der Waals surface area contributed by atoms with Crippen LogP contribution in [0.25, 0.3) is 0 Å². The maximum Gasteiger partial charge on any atom is -0.00461 e. The van der Waals surface area contributed by atoms with Crippen molar-refractivity contribution in [2.45, 2.75) is 44.9 Å². The largest absolute Gasteiger partial charge is 0.330 e. The molecule has 0 amide bonds. The van der Waals surface area contributed by atoms with Crippen LogP contribution in [0, 0.1) is 11.8 Å². The third-order valence-electron chi connectivity index (χ3n) is 3.36. The molecule has 0 bridgehead atoms. The molecule has 1 aliphatic rings. The lowest BCUT2D eigenvalue weighted by molar-refractivity contribution is 0.242. The highest BCUT2D eigenvalue weighted by Crippen LogP contribution is 2.31. The summed E-state index contributed by atoms with van der Waals surface area (Å²) in [4.78, 5) is 0. The second kappa shape index (κ2) is 6.20. The molecule has 1 rings (SSSR count). The van der Waals surface area contributed by atoms with Crippen LogP contribution in [-0.4, -0.2) is 6.54 Å². The molecule has 1 heteroatoms. The van der Waals surface area contributed by atoms with Crippen LogP contribution in [0.3, 0.4) is 0 Å². The summed E-state index contributed by atoms with van der Waals surface area (Å²) in [5.74, 6) is 1.68. The van der Waals surface area contributed by atoms with Gasteiger partial charge < -0.3 is 5.73 Å². The molecule has 0 aromatic rings. The van der Waals surface area contributed by atoms with E-state index in [0.717, 1.165) is 24.8 Å². The summed E-state index contributed by atoms with van der Waals surface area (Å²) in [6, 6.07) is 0. The van der Waals surface area contributed by atoms with Crippen molar-refractivity contribution in [1.29, 1.82) is 0 Å². The number of allylic oxidation sites excluding steroid dienone is 1. The molecule has 1 nitrogen and oxygen atoms in total. The molecule has 0 aromatic carbocycles. The lowest BCUT2D eigenvalue weighted by Crippen LogP contribution is -2.25. The molecule has 13 heavy (non-hydrogen) atoms. The summed E-state index contributed by atoms with van der Waals surface area (Å²) in [7, 11) is 0. The van der Waals surface area contributed by atoms with E-state index in [1.165, 1.54) is 38.5 Å². The van der Waals surface area contributed by atoms with Crippen LogP contribution in [0.5, 0.6) is 0 Å². The predicted molar refractivity (Wildman–Crippen MR) is 58.6 cm³/mol. The van der Waals surface area contributed by atoms with Crippen LogP contribution in [0.4, 0.5) is 0 Å². The van der Waals surface area contributed by atoms with Crippen molar-refractivity contribution in [2.75, 3.05) is 6.54 Å². The van der Waals surface area contributed by atoms with Gasteiger partial charge >= 0.3 is 0 Å². The minimum Gasteiger partial charge on any atom is -0.330 e. The molecule has 0 saturated heterocycles. The van der Waals surface area contributed by atoms with Crippen LogP contribution in [0.1, 0.15) is 44.9 Å². The van der Waals surface area contributed by atoms with Crippen molar-refractivity contribution >= 4 is 0 Å². The molecule has 1 fully saturated rings. The first-order valence-corrected chi connectivity index (χ1v) is 5.69. The van der Waals surface area contributed by atoms with E-state index in [0.29, 0.717) is 0 Å². The average molecular weight is 181 g/mol. The molecule has 0 aromatic heterocycles. The molecule has 0 aliphatic heterocycles. The fourth-order valence-corrected chi connectivity index (χ4v) is 2.48. The van der Waals surface area contributed by atoms with E-state index < -0.39 is 0 Å². The zero-order chi connectivity index (χ0) is 9.52. The van der Waals surface area contributed by atoms with Gasteiger partial charge in [0, 0.05) is 0 Å². The number of nitrogens with two attached hydrogens (primary N) is 1. The van der Waals surface area contributed by atoms with Gasteiger partial charge in [0.2, 0.25) is 0 Å². The van der Waals surface area contributed by atoms with Gasteiger partial charge in [0.25, 0.3) is 0 Å². The molecular formula is C12H23N. The normalized spacial score (nSPS) is 21.3. The van der Waals surface area contributed by atoms with Crippen molar-refractivity contribution < 1.29 is 0 Å². The lowest BCUT2D eigenvalue weighted by atomic mass is 9.78. The van der Waals surface area contributed by atoms with Crippen molar-refractivity contribution in [3.8, 4) is 0 Å². The Labute approximate surface area is 82.4 Å². The second-order valence-corrected chi connectivity index (χ2v) is 4.26. The summed E-state index contributed by atoms with van der Waals surface area (Å²) in [6.45, 7) is 4.64. The summed E-state index contributed by atoms with van der Waals surface area (Å²) >= 11 is 0. The Morgan fingerprint density at radius 1 is 1.31 bits per heavy atom. The first kappa shape index (κ1) is 10.8. The number of hydrogen-bond donors (Lipinski definition) is 1. The van der Waals surface area contributed by atoms with Gasteiger partial charge in [-0.15, -0.1) is 6.58 Å². The highest BCUT2D eigenvalue weighted by atomic mass is 14.6. The average Bonchev–Trinajstić information content (AvgIpc) is 2.21. The molecule has 1 unspecified atom stereocenters. The summed E-state index contributed by atoms with van der Waals surface area (Å²) < 4.78 is 0. The summed E-state index contributed by atoms with van der Waals surface area (Å²) in [5.41, 5.74) is 5.81. The van der Waals surface area contributed by atoms with Crippen molar-refractivity contribution in [1.82, 2.24) is 0 Å². The monoisotopic (exact) mass is 181 g/mol. The number of rotatable bonds is 5. The van der Waals surface area contributed by atoms with Crippen LogP contribution in [-0.2, 0) is 0 Å². The minimum absolute atomic E-state index is 0.762. The lowest BCUT2D eigenvalue weighted by Gasteiger charge is -2.29. The third kappa shape index (κ3) is 3.51. The van der Waals surface area contributed by atoms with E-state index in [1.54, 1.807) is 0 Å². The maximum absolute atomic E-state index is 5.81. The van der Waals surface area contributed by atoms with Gasteiger partial charge in [-0.3, -0.25) is 0 Å². The molecule has 0 spiro atoms. The quantitative estimate of drug-likeness (QED) is 0.648. The van der Waals surface area contributed by atoms with E-state index in [1.807, 2.05) is 6.08 Å². The Hall–Kier alpha value is -0.300. The Morgan fingerprint density at radius 3 is 2.54 bits per heavy atom. The summed E-state index contributed by atoms with van der Waals surface area (Å²) in [6.07, 6.45) is 11.5. The molecule has 76 valence electrons. The van der Waals surface area contributed by atoms with Gasteiger partial charge in [0.1, 0.15) is 0 Å². The van der Waals surface area contributed by atoms with E-state index in [4.69, 9.17) is 5.73 Å². The summed E-state index contributed by atoms with van der Waals surface area (Å²) in [5, 5.41) is 0. The zero-order valence-corrected chi connectivity index (χ0v) is 8.67. The molecule has 1 atom stereocenters. The van der Waals surface area contributed by atoms with Crippen molar-refractivity contribution in [3.63, 3.8) is 0 Å². The predicted octanol–water partition coefficient (Wildman–Crippen LogP) is 3.11. The van der Waals surface area contributed by atoms with Gasteiger partial charge in [0.05, 0.1) is 0 Å². The molecule has 2 N–H and O–H groups in total. The van der Waals surface area contributed by atoms with E-state index >= 15 is 0 Å². The zero-order valence-electron chi connectivity index (χ0n) is 8.67. The van der Waals surface area contributed by atoms with Gasteiger partial charge in [-0.05, 0) is 31.2 Å². The standard InChI is InChI=1S/C12H23N/c1-2-3-7-12(10-13)11-8-5-4-6-9-11/h2,11-12H,1,3-10,13H2. The SMILES string of the molecule is C=CCCC(CN)C1CCCCC1. The maximum atomic E-state index is 5.81. The minimum atomic E-state index is 0.762. The van der Waals surface area contributed by atoms with Crippen molar-refractivity contribution in [2.24, 2.45) is 17.6 Å². The van der Waals surface area contributed by atoms with Crippen LogP contribution in [0.15, 0.2) is 12.7 Å². The molecule has 1 saturated carbocycles. The third-order valence-corrected chi connectivity index (χ3v) is 3.36. The van der Waals surface area contributed by atoms with Crippen LogP contribution < -0.4 is 5.73 Å². The number of hydrogen-bond acceptors (Lipinski definition) is 1. The second-order valence-electron chi connectivity index (χ2n) is 4.26. The Balaban J connectivity index is 2.29. The van der Waals surface area contributed by atoms with E-state index in [2.05, 4.69) is 6.58 Å². The van der Waals surface area contributed by atoms with Gasteiger partial charge in [-0.25, -0.2) is 0 Å². The first-order chi connectivity index (χ1) is 6.38. The highest BCUT2D eigenvalue weighted by molar-refractivity contribution is 4.77. The molecule has 0 radical (unpaired) electrons. The highest BCUT2D eigenvalue weighted by Gasteiger charge is 2.21. The van der Waals surface area contributed by atoms with Gasteiger partial charge in [0.15, 0.2) is 0 Å². The molecular weight excluding hydrogens is 158 g/mol. The Bertz CT molecular complexity index is 136. The van der Waals surface area contributed by atoms with Crippen LogP contribution >= 0.6 is 0 Å². The van der Waals surface area contributed by atoms with Crippen LogP contribution in [0.2, 0.25) is 0 Å². The Kier molecular flexibility index (Phi) is 5.14. The fraction of sp³-hybridized carbons (Fsp3) is 0.833. The smallest absolute Gasteiger partial charge is 0.00461 e. The fourth-order valence-electron chi connectivity index (χ4n) is 2.48. The van der Waals surface area contributed by atoms with Crippen molar-refractivity contribution in [3.05, 3.63) is 12.7 Å². The van der Waals surface area contributed by atoms with E-state index in [-0.39, 0.29) is 0 Å². The first-order valence-electron chi connectivity index (χ1n) is 5.69.